The molecule has 0 N–H and O–H groups in total. The Bertz CT molecular complexity index is 515. The van der Waals surface area contributed by atoms with Gasteiger partial charge in [-0.15, -0.1) is 0 Å². The summed E-state index contributed by atoms with van der Waals surface area (Å²) >= 11 is 0. The molecule has 1 unspecified atom stereocenters. The van der Waals surface area contributed by atoms with E-state index in [1.807, 2.05) is 46.8 Å². The molecule has 0 saturated carbocycles. The first-order valence-electron chi connectivity index (χ1n) is 6.12. The second-order valence-electron chi connectivity index (χ2n) is 5.83. The Balaban J connectivity index is 3.20. The van der Waals surface area contributed by atoms with Crippen LogP contribution in [0, 0.1) is 12.3 Å². The van der Waals surface area contributed by atoms with Gasteiger partial charge in [0.2, 0.25) is 10.0 Å². The third-order valence-electron chi connectivity index (χ3n) is 3.55. The topological polar surface area (TPSA) is 37.4 Å². The molecule has 18 heavy (non-hydrogen) atoms. The molecule has 0 radical (unpaired) electrons. The van der Waals surface area contributed by atoms with E-state index in [1.54, 1.807) is 19.2 Å². The number of hydrogen-bond donors (Lipinski definition) is 0. The van der Waals surface area contributed by atoms with Crippen molar-refractivity contribution in [1.29, 1.82) is 0 Å². The van der Waals surface area contributed by atoms with Gasteiger partial charge < -0.3 is 0 Å². The third kappa shape index (κ3) is 2.93. The highest BCUT2D eigenvalue weighted by molar-refractivity contribution is 7.89. The molecule has 1 atom stereocenters. The summed E-state index contributed by atoms with van der Waals surface area (Å²) < 4.78 is 26.6. The molecular formula is C14H23NO2S. The van der Waals surface area contributed by atoms with Crippen LogP contribution >= 0.6 is 0 Å². The summed E-state index contributed by atoms with van der Waals surface area (Å²) in [5, 5.41) is 0. The van der Waals surface area contributed by atoms with E-state index in [9.17, 15) is 8.42 Å². The van der Waals surface area contributed by atoms with Gasteiger partial charge in [-0.3, -0.25) is 0 Å². The van der Waals surface area contributed by atoms with Crippen molar-refractivity contribution < 1.29 is 8.42 Å². The van der Waals surface area contributed by atoms with E-state index < -0.39 is 10.0 Å². The highest BCUT2D eigenvalue weighted by Crippen LogP contribution is 2.28. The van der Waals surface area contributed by atoms with Gasteiger partial charge in [-0.1, -0.05) is 39.0 Å². The minimum Gasteiger partial charge on any atom is -0.207 e. The number of benzene rings is 1. The maximum atomic E-state index is 12.6. The lowest BCUT2D eigenvalue weighted by molar-refractivity contribution is 0.216. The Morgan fingerprint density at radius 3 is 2.11 bits per heavy atom. The molecule has 1 aromatic carbocycles. The average molecular weight is 269 g/mol. The van der Waals surface area contributed by atoms with Crippen molar-refractivity contribution in [3.05, 3.63) is 29.8 Å². The molecular weight excluding hydrogens is 246 g/mol. The fourth-order valence-electron chi connectivity index (χ4n) is 1.75. The second kappa shape index (κ2) is 5.02. The summed E-state index contributed by atoms with van der Waals surface area (Å²) in [6.07, 6.45) is 0. The largest absolute Gasteiger partial charge is 0.243 e. The molecule has 3 nitrogen and oxygen atoms in total. The fourth-order valence-corrected chi connectivity index (χ4v) is 3.52. The smallest absolute Gasteiger partial charge is 0.207 e. The summed E-state index contributed by atoms with van der Waals surface area (Å²) in [7, 11) is -1.77. The molecule has 0 amide bonds. The van der Waals surface area contributed by atoms with Gasteiger partial charge >= 0.3 is 0 Å². The first-order chi connectivity index (χ1) is 8.08. The van der Waals surface area contributed by atoms with Crippen molar-refractivity contribution in [2.45, 2.75) is 45.6 Å². The van der Waals surface area contributed by atoms with Gasteiger partial charge in [0.25, 0.3) is 0 Å². The maximum Gasteiger partial charge on any atom is 0.243 e. The molecule has 0 saturated heterocycles. The van der Waals surface area contributed by atoms with Crippen LogP contribution in [0.3, 0.4) is 0 Å². The molecule has 1 aromatic rings. The van der Waals surface area contributed by atoms with Crippen LogP contribution in [0.15, 0.2) is 29.2 Å². The maximum absolute atomic E-state index is 12.6. The molecule has 4 heteroatoms. The Labute approximate surface area is 111 Å². The standard InChI is InChI=1S/C14H23NO2S/c1-11-9-7-8-10-13(11)18(16,17)15(6)12(2)14(3,4)5/h7-10,12H,1-6H3. The number of hydrogen-bond acceptors (Lipinski definition) is 2. The van der Waals surface area contributed by atoms with E-state index in [0.29, 0.717) is 4.90 Å². The van der Waals surface area contributed by atoms with E-state index in [1.165, 1.54) is 4.31 Å². The normalized spacial score (nSPS) is 14.8. The highest BCUT2D eigenvalue weighted by Gasteiger charge is 2.32. The molecule has 1 rings (SSSR count). The van der Waals surface area contributed by atoms with Crippen molar-refractivity contribution in [2.75, 3.05) is 7.05 Å². The fraction of sp³-hybridized carbons (Fsp3) is 0.571. The van der Waals surface area contributed by atoms with Gasteiger partial charge in [-0.05, 0) is 30.9 Å². The SMILES string of the molecule is Cc1ccccc1S(=O)(=O)N(C)C(C)C(C)(C)C. The molecule has 102 valence electrons. The zero-order valence-corrected chi connectivity index (χ0v) is 12.9. The van der Waals surface area contributed by atoms with Gasteiger partial charge in [0.15, 0.2) is 0 Å². The van der Waals surface area contributed by atoms with E-state index >= 15 is 0 Å². The van der Waals surface area contributed by atoms with Crippen molar-refractivity contribution in [3.8, 4) is 0 Å². The molecule has 0 heterocycles. The quantitative estimate of drug-likeness (QED) is 0.845. The van der Waals surface area contributed by atoms with Crippen LogP contribution in [-0.4, -0.2) is 25.8 Å². The Hall–Kier alpha value is -0.870. The molecule has 0 aromatic heterocycles. The van der Waals surface area contributed by atoms with Gasteiger partial charge in [0.1, 0.15) is 0 Å². The summed E-state index contributed by atoms with van der Waals surface area (Å²) in [5.41, 5.74) is 0.690. The zero-order valence-electron chi connectivity index (χ0n) is 12.1. The van der Waals surface area contributed by atoms with E-state index in [-0.39, 0.29) is 11.5 Å². The predicted molar refractivity (Wildman–Crippen MR) is 75.0 cm³/mol. The minimum atomic E-state index is -3.42. The van der Waals surface area contributed by atoms with Gasteiger partial charge in [-0.2, -0.15) is 4.31 Å². The van der Waals surface area contributed by atoms with Crippen LogP contribution in [0.1, 0.15) is 33.3 Å². The average Bonchev–Trinajstić information content (AvgIpc) is 2.26. The zero-order chi connectivity index (χ0) is 14.1. The van der Waals surface area contributed by atoms with Crippen molar-refractivity contribution in [2.24, 2.45) is 5.41 Å². The Kier molecular flexibility index (Phi) is 4.23. The number of sulfonamides is 1. The second-order valence-corrected chi connectivity index (χ2v) is 7.79. The van der Waals surface area contributed by atoms with Gasteiger partial charge in [-0.25, -0.2) is 8.42 Å². The first-order valence-corrected chi connectivity index (χ1v) is 7.56. The molecule has 0 bridgehead atoms. The predicted octanol–water partition coefficient (Wildman–Crippen LogP) is 3.05. The van der Waals surface area contributed by atoms with Crippen LogP contribution < -0.4 is 0 Å². The van der Waals surface area contributed by atoms with Crippen LogP contribution in [0.5, 0.6) is 0 Å². The summed E-state index contributed by atoms with van der Waals surface area (Å²) in [6.45, 7) is 9.89. The third-order valence-corrected chi connectivity index (χ3v) is 5.64. The van der Waals surface area contributed by atoms with Crippen molar-refractivity contribution in [1.82, 2.24) is 4.31 Å². The monoisotopic (exact) mass is 269 g/mol. The summed E-state index contributed by atoms with van der Waals surface area (Å²) in [4.78, 5) is 0.392. The number of aryl methyl sites for hydroxylation is 1. The van der Waals surface area contributed by atoms with E-state index in [2.05, 4.69) is 0 Å². The molecule has 0 fully saturated rings. The molecule has 0 aliphatic heterocycles. The Morgan fingerprint density at radius 1 is 1.17 bits per heavy atom. The first kappa shape index (κ1) is 15.2. The summed E-state index contributed by atoms with van der Waals surface area (Å²) in [6, 6.07) is 7.03. The molecule has 0 spiro atoms. The van der Waals surface area contributed by atoms with Crippen LogP contribution in [0.2, 0.25) is 0 Å². The Morgan fingerprint density at radius 2 is 1.67 bits per heavy atom. The number of nitrogens with zero attached hydrogens (tertiary/aromatic N) is 1. The van der Waals surface area contributed by atoms with Crippen molar-refractivity contribution in [3.63, 3.8) is 0 Å². The number of rotatable bonds is 3. The van der Waals surface area contributed by atoms with E-state index in [0.717, 1.165) is 5.56 Å². The lowest BCUT2D eigenvalue weighted by atomic mass is 9.88. The lowest BCUT2D eigenvalue weighted by Gasteiger charge is -2.34. The van der Waals surface area contributed by atoms with E-state index in [4.69, 9.17) is 0 Å². The van der Waals surface area contributed by atoms with Crippen molar-refractivity contribution >= 4 is 10.0 Å². The van der Waals surface area contributed by atoms with Gasteiger partial charge in [0, 0.05) is 13.1 Å². The van der Waals surface area contributed by atoms with Crippen LogP contribution in [0.4, 0.5) is 0 Å². The summed E-state index contributed by atoms with van der Waals surface area (Å²) in [5.74, 6) is 0. The molecule has 0 aliphatic carbocycles. The minimum absolute atomic E-state index is 0.0675. The highest BCUT2D eigenvalue weighted by atomic mass is 32.2. The molecule has 0 aliphatic rings. The van der Waals surface area contributed by atoms with Crippen LogP contribution in [-0.2, 0) is 10.0 Å². The van der Waals surface area contributed by atoms with Crippen LogP contribution in [0.25, 0.3) is 0 Å². The lowest BCUT2D eigenvalue weighted by Crippen LogP contribution is -2.43. The van der Waals surface area contributed by atoms with Gasteiger partial charge in [0.05, 0.1) is 4.90 Å².